The first-order valence-corrected chi connectivity index (χ1v) is 11.6. The van der Waals surface area contributed by atoms with E-state index in [1.165, 1.54) is 10.4 Å². The van der Waals surface area contributed by atoms with Gasteiger partial charge in [0.2, 0.25) is 5.91 Å². The Morgan fingerprint density at radius 2 is 1.97 bits per heavy atom. The van der Waals surface area contributed by atoms with Crippen molar-refractivity contribution in [2.75, 3.05) is 6.54 Å². The topological polar surface area (TPSA) is 71.8 Å². The van der Waals surface area contributed by atoms with E-state index >= 15 is 0 Å². The van der Waals surface area contributed by atoms with Crippen LogP contribution in [0.15, 0.2) is 48.7 Å². The molecule has 0 radical (unpaired) electrons. The predicted octanol–water partition coefficient (Wildman–Crippen LogP) is 4.81. The van der Waals surface area contributed by atoms with Crippen LogP contribution in [-0.2, 0) is 35.5 Å². The number of hydrogen-bond acceptors (Lipinski definition) is 3. The summed E-state index contributed by atoms with van der Waals surface area (Å²) in [5.74, 6) is -0.293. The number of aliphatic carboxylic acids is 1. The monoisotopic (exact) mass is 448 g/mol. The highest BCUT2D eigenvalue weighted by atomic mass is 16.5. The fourth-order valence-electron chi connectivity index (χ4n) is 4.72. The van der Waals surface area contributed by atoms with Crippen molar-refractivity contribution in [3.8, 4) is 5.75 Å². The Labute approximate surface area is 194 Å². The zero-order chi connectivity index (χ0) is 23.6. The number of benzene rings is 2. The second kappa shape index (κ2) is 9.30. The van der Waals surface area contributed by atoms with Crippen LogP contribution in [-0.4, -0.2) is 38.6 Å². The van der Waals surface area contributed by atoms with Crippen LogP contribution in [0.2, 0.25) is 0 Å². The third kappa shape index (κ3) is 5.21. The molecule has 6 nitrogen and oxygen atoms in total. The molecule has 0 saturated carbocycles. The summed E-state index contributed by atoms with van der Waals surface area (Å²) >= 11 is 0. The Morgan fingerprint density at radius 1 is 1.18 bits per heavy atom. The molecule has 0 fully saturated rings. The second-order valence-corrected chi connectivity index (χ2v) is 9.49. The molecule has 1 aromatic heterocycles. The molecule has 1 aliphatic heterocycles. The number of hydrogen-bond donors (Lipinski definition) is 1. The van der Waals surface area contributed by atoms with Gasteiger partial charge in [0, 0.05) is 43.0 Å². The van der Waals surface area contributed by atoms with Gasteiger partial charge in [0.15, 0.2) is 0 Å². The molecule has 2 heterocycles. The van der Waals surface area contributed by atoms with Crippen LogP contribution in [0.25, 0.3) is 10.9 Å². The van der Waals surface area contributed by atoms with Gasteiger partial charge in [-0.25, -0.2) is 0 Å². The van der Waals surface area contributed by atoms with E-state index in [0.29, 0.717) is 6.42 Å². The molecular weight excluding hydrogens is 416 g/mol. The van der Waals surface area contributed by atoms with Crippen molar-refractivity contribution in [1.82, 2.24) is 9.47 Å². The summed E-state index contributed by atoms with van der Waals surface area (Å²) in [5, 5.41) is 10.6. The summed E-state index contributed by atoms with van der Waals surface area (Å²) in [7, 11) is 0. The molecule has 0 unspecified atom stereocenters. The lowest BCUT2D eigenvalue weighted by Gasteiger charge is -2.21. The summed E-state index contributed by atoms with van der Waals surface area (Å²) < 4.78 is 8.17. The van der Waals surface area contributed by atoms with Gasteiger partial charge in [0.05, 0.1) is 0 Å². The van der Waals surface area contributed by atoms with Crippen LogP contribution >= 0.6 is 0 Å². The molecule has 0 bridgehead atoms. The lowest BCUT2D eigenvalue weighted by Crippen LogP contribution is -2.35. The molecule has 0 aliphatic carbocycles. The lowest BCUT2D eigenvalue weighted by molar-refractivity contribution is -0.144. The second-order valence-electron chi connectivity index (χ2n) is 9.49. The summed E-state index contributed by atoms with van der Waals surface area (Å²) in [6, 6.07) is 14.1. The molecule has 174 valence electrons. The zero-order valence-electron chi connectivity index (χ0n) is 19.6. The van der Waals surface area contributed by atoms with E-state index in [-0.39, 0.29) is 31.0 Å². The minimum absolute atomic E-state index is 0.151. The molecule has 0 spiro atoms. The Balaban J connectivity index is 1.48. The summed E-state index contributed by atoms with van der Waals surface area (Å²) in [4.78, 5) is 26.0. The highest BCUT2D eigenvalue weighted by Crippen LogP contribution is 2.35. The van der Waals surface area contributed by atoms with E-state index in [1.807, 2.05) is 44.2 Å². The molecule has 33 heavy (non-hydrogen) atoms. The summed E-state index contributed by atoms with van der Waals surface area (Å²) in [6.07, 6.45) is 4.81. The highest BCUT2D eigenvalue weighted by Gasteiger charge is 2.30. The van der Waals surface area contributed by atoms with Gasteiger partial charge >= 0.3 is 5.97 Å². The van der Waals surface area contributed by atoms with Crippen molar-refractivity contribution in [2.24, 2.45) is 0 Å². The minimum Gasteiger partial charge on any atom is -0.487 e. The third-order valence-corrected chi connectivity index (χ3v) is 6.12. The van der Waals surface area contributed by atoms with Gasteiger partial charge in [-0.15, -0.1) is 0 Å². The number of nitrogens with zero attached hydrogens (tertiary/aromatic N) is 2. The number of para-hydroxylation sites is 1. The van der Waals surface area contributed by atoms with Crippen molar-refractivity contribution < 1.29 is 19.4 Å². The largest absolute Gasteiger partial charge is 0.487 e. The number of ether oxygens (including phenoxy) is 1. The Morgan fingerprint density at radius 3 is 2.73 bits per heavy atom. The van der Waals surface area contributed by atoms with Crippen molar-refractivity contribution in [2.45, 2.75) is 65.1 Å². The van der Waals surface area contributed by atoms with Gasteiger partial charge in [-0.3, -0.25) is 9.59 Å². The van der Waals surface area contributed by atoms with Crippen molar-refractivity contribution in [1.29, 1.82) is 0 Å². The number of aryl methyl sites for hydroxylation is 2. The standard InChI is InChI=1S/C27H32N2O4/c1-4-13-28-17-20(22-7-5-6-8-23(22)28)10-12-25(30)29(18-26(31)32)16-19-9-11-24-21(14-19)15-27(2,3)33-24/h5-9,11,14,17H,4,10,12-13,15-16,18H2,1-3H3,(H,31,32). The molecule has 0 atom stereocenters. The quantitative estimate of drug-likeness (QED) is 0.510. The third-order valence-electron chi connectivity index (χ3n) is 6.12. The molecule has 2 aromatic carbocycles. The molecule has 0 saturated heterocycles. The maximum atomic E-state index is 13.1. The van der Waals surface area contributed by atoms with E-state index in [0.717, 1.165) is 47.2 Å². The predicted molar refractivity (Wildman–Crippen MR) is 128 cm³/mol. The van der Waals surface area contributed by atoms with Crippen molar-refractivity contribution in [3.63, 3.8) is 0 Å². The fourth-order valence-corrected chi connectivity index (χ4v) is 4.72. The smallest absolute Gasteiger partial charge is 0.323 e. The fraction of sp³-hybridized carbons (Fsp3) is 0.407. The number of carbonyl (C=O) groups excluding carboxylic acids is 1. The summed E-state index contributed by atoms with van der Waals surface area (Å²) in [5.41, 5.74) is 4.08. The molecule has 3 aromatic rings. The minimum atomic E-state index is -1.01. The molecule has 1 N–H and O–H groups in total. The zero-order valence-corrected chi connectivity index (χ0v) is 19.6. The van der Waals surface area contributed by atoms with Crippen LogP contribution in [0.4, 0.5) is 0 Å². The Kier molecular flexibility index (Phi) is 6.45. The van der Waals surface area contributed by atoms with Crippen LogP contribution in [0.1, 0.15) is 50.3 Å². The molecular formula is C27H32N2O4. The first-order chi connectivity index (χ1) is 15.8. The van der Waals surface area contributed by atoms with Gasteiger partial charge in [-0.05, 0) is 55.5 Å². The number of carbonyl (C=O) groups is 2. The molecule has 1 amide bonds. The van der Waals surface area contributed by atoms with E-state index < -0.39 is 5.97 Å². The van der Waals surface area contributed by atoms with Gasteiger partial charge in [-0.2, -0.15) is 0 Å². The molecule has 6 heteroatoms. The van der Waals surface area contributed by atoms with Crippen LogP contribution < -0.4 is 4.74 Å². The highest BCUT2D eigenvalue weighted by molar-refractivity contribution is 5.85. The normalized spacial score (nSPS) is 14.2. The number of fused-ring (bicyclic) bond motifs is 2. The van der Waals surface area contributed by atoms with E-state index in [4.69, 9.17) is 4.74 Å². The van der Waals surface area contributed by atoms with Gasteiger partial charge in [0.25, 0.3) is 0 Å². The van der Waals surface area contributed by atoms with Crippen molar-refractivity contribution >= 4 is 22.8 Å². The molecule has 1 aliphatic rings. The van der Waals surface area contributed by atoms with E-state index in [1.54, 1.807) is 0 Å². The van der Waals surface area contributed by atoms with Crippen molar-refractivity contribution in [3.05, 3.63) is 65.4 Å². The number of amides is 1. The first kappa shape index (κ1) is 22.9. The maximum absolute atomic E-state index is 13.1. The van der Waals surface area contributed by atoms with Crippen LogP contribution in [0.3, 0.4) is 0 Å². The number of carboxylic acid groups (broad SMARTS) is 1. The Hall–Kier alpha value is -3.28. The maximum Gasteiger partial charge on any atom is 0.323 e. The van der Waals surface area contributed by atoms with Gasteiger partial charge in [-0.1, -0.05) is 37.3 Å². The molecule has 4 rings (SSSR count). The lowest BCUT2D eigenvalue weighted by atomic mass is 10.00. The SMILES string of the molecule is CCCn1cc(CCC(=O)N(CC(=O)O)Cc2ccc3c(c2)CC(C)(C)O3)c2ccccc21. The Bertz CT molecular complexity index is 1180. The number of carboxylic acids is 1. The number of aromatic nitrogens is 1. The van der Waals surface area contributed by atoms with Crippen LogP contribution in [0, 0.1) is 0 Å². The first-order valence-electron chi connectivity index (χ1n) is 11.6. The van der Waals surface area contributed by atoms with E-state index in [9.17, 15) is 14.7 Å². The van der Waals surface area contributed by atoms with Crippen LogP contribution in [0.5, 0.6) is 5.75 Å². The van der Waals surface area contributed by atoms with Gasteiger partial charge in [0.1, 0.15) is 17.9 Å². The summed E-state index contributed by atoms with van der Waals surface area (Å²) in [6.45, 7) is 7.13. The average molecular weight is 449 g/mol. The van der Waals surface area contributed by atoms with E-state index in [2.05, 4.69) is 29.8 Å². The average Bonchev–Trinajstić information content (AvgIpc) is 3.27. The number of rotatable bonds is 9. The van der Waals surface area contributed by atoms with Gasteiger partial charge < -0.3 is 19.3 Å².